The van der Waals surface area contributed by atoms with Crippen molar-refractivity contribution in [2.45, 2.75) is 18.6 Å². The van der Waals surface area contributed by atoms with Gasteiger partial charge in [-0.3, -0.25) is 4.79 Å². The van der Waals surface area contributed by atoms with Gasteiger partial charge in [-0.25, -0.2) is 0 Å². The SMILES string of the molecule is [N-]=[N+]=NCCC(O)C(O)c1ccc2[nH]c(=O)sc2c1. The Morgan fingerprint density at radius 2 is 2.26 bits per heavy atom. The van der Waals surface area contributed by atoms with Crippen molar-refractivity contribution in [1.82, 2.24) is 4.98 Å². The van der Waals surface area contributed by atoms with Crippen LogP contribution in [0.1, 0.15) is 18.1 Å². The van der Waals surface area contributed by atoms with Crippen LogP contribution in [0.5, 0.6) is 0 Å². The van der Waals surface area contributed by atoms with Gasteiger partial charge in [-0.2, -0.15) is 0 Å². The quantitative estimate of drug-likeness (QED) is 0.438. The average molecular weight is 280 g/mol. The number of aromatic amines is 1. The second-order valence-corrected chi connectivity index (χ2v) is 5.04. The van der Waals surface area contributed by atoms with Gasteiger partial charge in [0.15, 0.2) is 0 Å². The van der Waals surface area contributed by atoms with Crippen LogP contribution in [-0.2, 0) is 0 Å². The molecule has 2 atom stereocenters. The number of aromatic nitrogens is 1. The molecule has 1 aromatic carbocycles. The lowest BCUT2D eigenvalue weighted by Gasteiger charge is -2.17. The first kappa shape index (κ1) is 13.6. The van der Waals surface area contributed by atoms with Crippen LogP contribution >= 0.6 is 11.3 Å². The lowest BCUT2D eigenvalue weighted by Crippen LogP contribution is -2.19. The summed E-state index contributed by atoms with van der Waals surface area (Å²) in [6, 6.07) is 5.00. The van der Waals surface area contributed by atoms with Crippen LogP contribution in [0.15, 0.2) is 28.1 Å². The van der Waals surface area contributed by atoms with Gasteiger partial charge in [-0.05, 0) is 29.6 Å². The Labute approximate surface area is 111 Å². The van der Waals surface area contributed by atoms with Crippen molar-refractivity contribution in [1.29, 1.82) is 0 Å². The summed E-state index contributed by atoms with van der Waals surface area (Å²) in [6.07, 6.45) is -1.92. The summed E-state index contributed by atoms with van der Waals surface area (Å²) in [7, 11) is 0. The molecular weight excluding hydrogens is 268 g/mol. The van der Waals surface area contributed by atoms with Crippen LogP contribution in [-0.4, -0.2) is 27.8 Å². The fourth-order valence-electron chi connectivity index (χ4n) is 1.76. The van der Waals surface area contributed by atoms with Crippen LogP contribution in [0, 0.1) is 0 Å². The van der Waals surface area contributed by atoms with Crippen molar-refractivity contribution >= 4 is 21.6 Å². The Hall–Kier alpha value is -1.86. The second kappa shape index (κ2) is 5.85. The third kappa shape index (κ3) is 3.12. The molecule has 0 saturated heterocycles. The summed E-state index contributed by atoms with van der Waals surface area (Å²) in [5.41, 5.74) is 9.37. The minimum absolute atomic E-state index is 0.120. The lowest BCUT2D eigenvalue weighted by molar-refractivity contribution is 0.0151. The summed E-state index contributed by atoms with van der Waals surface area (Å²) in [5, 5.41) is 23.1. The maximum absolute atomic E-state index is 11.2. The van der Waals surface area contributed by atoms with Crippen molar-refractivity contribution in [2.24, 2.45) is 5.11 Å². The van der Waals surface area contributed by atoms with Crippen LogP contribution in [0.4, 0.5) is 0 Å². The van der Waals surface area contributed by atoms with Crippen LogP contribution in [0.3, 0.4) is 0 Å². The highest BCUT2D eigenvalue weighted by Crippen LogP contribution is 2.24. The van der Waals surface area contributed by atoms with E-state index in [0.29, 0.717) is 11.1 Å². The Bertz CT molecular complexity index is 674. The van der Waals surface area contributed by atoms with E-state index in [9.17, 15) is 15.0 Å². The Morgan fingerprint density at radius 3 is 3.00 bits per heavy atom. The number of H-pyrrole nitrogens is 1. The molecule has 0 fully saturated rings. The van der Waals surface area contributed by atoms with E-state index in [1.165, 1.54) is 0 Å². The lowest BCUT2D eigenvalue weighted by atomic mass is 10.0. The highest BCUT2D eigenvalue weighted by molar-refractivity contribution is 7.16. The molecule has 2 rings (SSSR count). The number of fused-ring (bicyclic) bond motifs is 1. The molecule has 3 N–H and O–H groups in total. The Kier molecular flexibility index (Phi) is 4.18. The minimum Gasteiger partial charge on any atom is -0.390 e. The van der Waals surface area contributed by atoms with Crippen molar-refractivity contribution in [2.75, 3.05) is 6.54 Å². The third-order valence-corrected chi connectivity index (χ3v) is 3.58. The van der Waals surface area contributed by atoms with E-state index in [-0.39, 0.29) is 17.8 Å². The van der Waals surface area contributed by atoms with E-state index in [2.05, 4.69) is 15.0 Å². The van der Waals surface area contributed by atoms with Crippen LogP contribution in [0.25, 0.3) is 20.7 Å². The first-order chi connectivity index (χ1) is 9.11. The number of benzene rings is 1. The molecular formula is C11H12N4O3S. The predicted molar refractivity (Wildman–Crippen MR) is 72.0 cm³/mol. The molecule has 100 valence electrons. The number of thiazole rings is 1. The van der Waals surface area contributed by atoms with E-state index in [4.69, 9.17) is 5.53 Å². The summed E-state index contributed by atoms with van der Waals surface area (Å²) in [4.78, 5) is 16.3. The second-order valence-electron chi connectivity index (χ2n) is 4.03. The van der Waals surface area contributed by atoms with Gasteiger partial charge in [-0.1, -0.05) is 22.5 Å². The topological polar surface area (TPSA) is 122 Å². The van der Waals surface area contributed by atoms with E-state index < -0.39 is 12.2 Å². The van der Waals surface area contributed by atoms with Gasteiger partial charge in [0.1, 0.15) is 6.10 Å². The number of aliphatic hydroxyl groups is 2. The first-order valence-electron chi connectivity index (χ1n) is 5.61. The predicted octanol–water partition coefficient (Wildman–Crippen LogP) is 1.68. The molecule has 0 amide bonds. The molecule has 1 aromatic heterocycles. The van der Waals surface area contributed by atoms with Crippen molar-refractivity contribution in [3.63, 3.8) is 0 Å². The van der Waals surface area contributed by atoms with Crippen molar-refractivity contribution in [3.8, 4) is 0 Å². The molecule has 0 spiro atoms. The molecule has 0 bridgehead atoms. The largest absolute Gasteiger partial charge is 0.390 e. The molecule has 0 aliphatic carbocycles. The Morgan fingerprint density at radius 1 is 1.47 bits per heavy atom. The summed E-state index contributed by atoms with van der Waals surface area (Å²) in [5.74, 6) is 0. The highest BCUT2D eigenvalue weighted by atomic mass is 32.1. The number of azide groups is 1. The van der Waals surface area contributed by atoms with Crippen LogP contribution < -0.4 is 4.87 Å². The number of nitrogens with one attached hydrogen (secondary N) is 1. The van der Waals surface area contributed by atoms with E-state index >= 15 is 0 Å². The number of hydrogen-bond acceptors (Lipinski definition) is 5. The third-order valence-electron chi connectivity index (χ3n) is 2.74. The zero-order valence-corrected chi connectivity index (χ0v) is 10.7. The molecule has 2 unspecified atom stereocenters. The summed E-state index contributed by atoms with van der Waals surface area (Å²) >= 11 is 1.05. The molecule has 0 radical (unpaired) electrons. The molecule has 0 aliphatic heterocycles. The normalized spacial score (nSPS) is 14.0. The smallest absolute Gasteiger partial charge is 0.305 e. The van der Waals surface area contributed by atoms with E-state index in [1.54, 1.807) is 18.2 Å². The fraction of sp³-hybridized carbons (Fsp3) is 0.364. The monoisotopic (exact) mass is 280 g/mol. The number of hydrogen-bond donors (Lipinski definition) is 3. The first-order valence-corrected chi connectivity index (χ1v) is 6.43. The van der Waals surface area contributed by atoms with Crippen molar-refractivity contribution in [3.05, 3.63) is 43.9 Å². The minimum atomic E-state index is -1.07. The van der Waals surface area contributed by atoms with Gasteiger partial charge in [0.2, 0.25) is 0 Å². The summed E-state index contributed by atoms with van der Waals surface area (Å²) < 4.78 is 0.726. The maximum atomic E-state index is 11.2. The molecule has 2 aromatic rings. The number of aliphatic hydroxyl groups excluding tert-OH is 2. The van der Waals surface area contributed by atoms with Gasteiger partial charge in [-0.15, -0.1) is 0 Å². The van der Waals surface area contributed by atoms with E-state index in [1.807, 2.05) is 0 Å². The number of nitrogens with zero attached hydrogens (tertiary/aromatic N) is 3. The number of rotatable bonds is 5. The van der Waals surface area contributed by atoms with Gasteiger partial charge < -0.3 is 15.2 Å². The molecule has 0 saturated carbocycles. The zero-order chi connectivity index (χ0) is 13.8. The summed E-state index contributed by atoms with van der Waals surface area (Å²) in [6.45, 7) is 0.120. The highest BCUT2D eigenvalue weighted by Gasteiger charge is 2.18. The molecule has 0 aliphatic rings. The molecule has 7 nitrogen and oxygen atoms in total. The van der Waals surface area contributed by atoms with E-state index in [0.717, 1.165) is 16.0 Å². The maximum Gasteiger partial charge on any atom is 0.305 e. The van der Waals surface area contributed by atoms with Gasteiger partial charge in [0.25, 0.3) is 0 Å². The standard InChI is InChI=1S/C11H12N4O3S/c12-15-13-4-3-8(16)10(17)6-1-2-7-9(5-6)19-11(18)14-7/h1-2,5,8,10,16-17H,3-4H2,(H,14,18). The fourth-order valence-corrected chi connectivity index (χ4v) is 2.55. The van der Waals surface area contributed by atoms with Crippen molar-refractivity contribution < 1.29 is 10.2 Å². The molecule has 1 heterocycles. The van der Waals surface area contributed by atoms with Gasteiger partial charge >= 0.3 is 4.87 Å². The molecule has 19 heavy (non-hydrogen) atoms. The van der Waals surface area contributed by atoms with Gasteiger partial charge in [0.05, 0.1) is 16.3 Å². The average Bonchev–Trinajstić information content (AvgIpc) is 2.77. The van der Waals surface area contributed by atoms with Crippen LogP contribution in [0.2, 0.25) is 0 Å². The zero-order valence-electron chi connectivity index (χ0n) is 9.85. The Balaban J connectivity index is 2.17. The van der Waals surface area contributed by atoms with Gasteiger partial charge in [0, 0.05) is 11.5 Å². The molecule has 8 heteroatoms.